The molecule has 1 heterocycles. The molecule has 0 aliphatic carbocycles. The number of nitrogens with two attached hydrogens (primary N) is 1. The summed E-state index contributed by atoms with van der Waals surface area (Å²) in [5.41, 5.74) is 8.79. The second-order valence-corrected chi connectivity index (χ2v) is 8.08. The highest BCUT2D eigenvalue weighted by Gasteiger charge is 2.23. The van der Waals surface area contributed by atoms with E-state index in [1.165, 1.54) is 12.1 Å². The highest BCUT2D eigenvalue weighted by Crippen LogP contribution is 2.25. The number of carbonyl (C=O) groups is 1. The first-order valence-corrected chi connectivity index (χ1v) is 9.63. The van der Waals surface area contributed by atoms with Crippen molar-refractivity contribution in [3.05, 3.63) is 72.2 Å². The number of carbonyl (C=O) groups excluding carboxylic acids is 1. The molecule has 0 saturated carbocycles. The van der Waals surface area contributed by atoms with Crippen molar-refractivity contribution in [2.24, 2.45) is 11.1 Å². The van der Waals surface area contributed by atoms with Gasteiger partial charge in [-0.05, 0) is 48.4 Å². The third-order valence-corrected chi connectivity index (χ3v) is 4.91. The van der Waals surface area contributed by atoms with Crippen LogP contribution in [0.5, 0.6) is 0 Å². The van der Waals surface area contributed by atoms with Crippen LogP contribution in [0.25, 0.3) is 16.9 Å². The van der Waals surface area contributed by atoms with E-state index in [-0.39, 0.29) is 23.6 Å². The summed E-state index contributed by atoms with van der Waals surface area (Å²) in [7, 11) is 1.79. The van der Waals surface area contributed by atoms with Gasteiger partial charge in [0.05, 0.1) is 17.8 Å². The van der Waals surface area contributed by atoms with Gasteiger partial charge in [-0.15, -0.1) is 0 Å². The van der Waals surface area contributed by atoms with Crippen LogP contribution in [0.4, 0.5) is 4.39 Å². The Bertz CT molecular complexity index is 964. The quantitative estimate of drug-likeness (QED) is 0.665. The zero-order chi connectivity index (χ0) is 21.0. The van der Waals surface area contributed by atoms with Gasteiger partial charge in [0, 0.05) is 30.9 Å². The second-order valence-electron chi connectivity index (χ2n) is 8.08. The van der Waals surface area contributed by atoms with Crippen molar-refractivity contribution in [2.75, 3.05) is 20.1 Å². The summed E-state index contributed by atoms with van der Waals surface area (Å²) in [6.07, 6.45) is 2.07. The molecule has 2 N–H and O–H groups in total. The molecule has 6 heteroatoms. The van der Waals surface area contributed by atoms with E-state index in [0.29, 0.717) is 18.8 Å². The molecule has 0 unspecified atom stereocenters. The Balaban J connectivity index is 1.93. The fourth-order valence-electron chi connectivity index (χ4n) is 3.20. The van der Waals surface area contributed by atoms with Crippen LogP contribution in [0.1, 0.15) is 19.4 Å². The maximum atomic E-state index is 13.4. The highest BCUT2D eigenvalue weighted by molar-refractivity contribution is 5.81. The Morgan fingerprint density at radius 2 is 1.79 bits per heavy atom. The molecule has 0 atom stereocenters. The Morgan fingerprint density at radius 1 is 1.14 bits per heavy atom. The minimum Gasteiger partial charge on any atom is -0.345 e. The maximum Gasteiger partial charge on any atom is 0.226 e. The number of benzene rings is 2. The molecule has 3 rings (SSSR count). The predicted molar refractivity (Wildman–Crippen MR) is 113 cm³/mol. The van der Waals surface area contributed by atoms with Gasteiger partial charge in [0.15, 0.2) is 0 Å². The van der Waals surface area contributed by atoms with Crippen molar-refractivity contribution in [3.8, 4) is 16.9 Å². The summed E-state index contributed by atoms with van der Waals surface area (Å²) in [6, 6.07) is 15.9. The monoisotopic (exact) mass is 394 g/mol. The lowest BCUT2D eigenvalue weighted by molar-refractivity contribution is -0.130. The van der Waals surface area contributed by atoms with Gasteiger partial charge in [-0.25, -0.2) is 9.07 Å². The summed E-state index contributed by atoms with van der Waals surface area (Å²) in [5.74, 6) is -0.319. The molecule has 29 heavy (non-hydrogen) atoms. The van der Waals surface area contributed by atoms with Crippen LogP contribution in [0.2, 0.25) is 0 Å². The molecule has 0 aliphatic rings. The van der Waals surface area contributed by atoms with Crippen molar-refractivity contribution < 1.29 is 9.18 Å². The van der Waals surface area contributed by atoms with E-state index in [9.17, 15) is 9.18 Å². The fraction of sp³-hybridized carbons (Fsp3) is 0.304. The van der Waals surface area contributed by atoms with Gasteiger partial charge in [-0.2, -0.15) is 5.10 Å². The van der Waals surface area contributed by atoms with Crippen molar-refractivity contribution in [1.82, 2.24) is 14.7 Å². The minimum atomic E-state index is -0.308. The Hall–Kier alpha value is -2.99. The molecular weight excluding hydrogens is 367 g/mol. The molecule has 3 aromatic rings. The number of hydrogen-bond donors (Lipinski definition) is 1. The van der Waals surface area contributed by atoms with E-state index >= 15 is 0 Å². The van der Waals surface area contributed by atoms with Gasteiger partial charge >= 0.3 is 0 Å². The van der Waals surface area contributed by atoms with Gasteiger partial charge in [-0.1, -0.05) is 32.0 Å². The molecule has 5 nitrogen and oxygen atoms in total. The number of likely N-dealkylation sites (N-methyl/N-ethyl adjacent to an activating group) is 1. The van der Waals surface area contributed by atoms with Gasteiger partial charge in [0.2, 0.25) is 5.91 Å². The topological polar surface area (TPSA) is 64.2 Å². The van der Waals surface area contributed by atoms with E-state index in [0.717, 1.165) is 16.8 Å². The number of amides is 1. The summed E-state index contributed by atoms with van der Waals surface area (Å²) < 4.78 is 15.1. The molecule has 0 saturated heterocycles. The van der Waals surface area contributed by atoms with Crippen molar-refractivity contribution in [2.45, 2.75) is 20.3 Å². The number of nitrogens with zero attached hydrogens (tertiary/aromatic N) is 3. The normalized spacial score (nSPS) is 11.5. The fourth-order valence-corrected chi connectivity index (χ4v) is 3.20. The van der Waals surface area contributed by atoms with E-state index in [2.05, 4.69) is 5.10 Å². The van der Waals surface area contributed by atoms with Crippen molar-refractivity contribution in [1.29, 1.82) is 0 Å². The summed E-state index contributed by atoms with van der Waals surface area (Å²) in [4.78, 5) is 14.6. The lowest BCUT2D eigenvalue weighted by Crippen LogP contribution is -2.40. The van der Waals surface area contributed by atoms with E-state index in [4.69, 9.17) is 5.73 Å². The molecule has 1 amide bonds. The number of rotatable bonds is 7. The molecule has 1 aromatic heterocycles. The SMILES string of the molecule is CN(CC(C)(C)CN)C(=O)Cc1cn(-c2ccccc2)nc1-c1ccc(F)cc1. The van der Waals surface area contributed by atoms with E-state index < -0.39 is 0 Å². The van der Waals surface area contributed by atoms with Gasteiger partial charge in [-0.3, -0.25) is 4.79 Å². The zero-order valence-corrected chi connectivity index (χ0v) is 17.1. The van der Waals surface area contributed by atoms with Crippen LogP contribution >= 0.6 is 0 Å². The highest BCUT2D eigenvalue weighted by atomic mass is 19.1. The standard InChI is InChI=1S/C23H27FN4O/c1-23(2,15-25)16-27(3)21(29)13-18-14-28(20-7-5-4-6-8-20)26-22(18)17-9-11-19(24)12-10-17/h4-12,14H,13,15-16,25H2,1-3H3. The van der Waals surface area contributed by atoms with Crippen molar-refractivity contribution in [3.63, 3.8) is 0 Å². The van der Waals surface area contributed by atoms with Crippen LogP contribution < -0.4 is 5.73 Å². The van der Waals surface area contributed by atoms with Crippen LogP contribution in [0.3, 0.4) is 0 Å². The first-order chi connectivity index (χ1) is 13.8. The van der Waals surface area contributed by atoms with Crippen LogP contribution in [0.15, 0.2) is 60.8 Å². The lowest BCUT2D eigenvalue weighted by atomic mass is 9.93. The number of hydrogen-bond acceptors (Lipinski definition) is 3. The average Bonchev–Trinajstić information content (AvgIpc) is 3.12. The van der Waals surface area contributed by atoms with E-state index in [1.807, 2.05) is 50.4 Å². The average molecular weight is 394 g/mol. The lowest BCUT2D eigenvalue weighted by Gasteiger charge is -2.29. The molecule has 0 spiro atoms. The molecular formula is C23H27FN4O. The third-order valence-electron chi connectivity index (χ3n) is 4.91. The van der Waals surface area contributed by atoms with Gasteiger partial charge in [0.25, 0.3) is 0 Å². The molecule has 0 bridgehead atoms. The largest absolute Gasteiger partial charge is 0.345 e. The first kappa shape index (κ1) is 20.7. The molecule has 152 valence electrons. The van der Waals surface area contributed by atoms with Crippen LogP contribution in [0, 0.1) is 11.2 Å². The first-order valence-electron chi connectivity index (χ1n) is 9.63. The Kier molecular flexibility index (Phi) is 6.13. The number of halogens is 1. The molecule has 0 radical (unpaired) electrons. The van der Waals surface area contributed by atoms with Crippen molar-refractivity contribution >= 4 is 5.91 Å². The predicted octanol–water partition coefficient (Wildman–Crippen LogP) is 3.66. The molecule has 2 aromatic carbocycles. The molecule has 0 aliphatic heterocycles. The Labute approximate surface area is 170 Å². The summed E-state index contributed by atoms with van der Waals surface area (Å²) in [6.45, 7) is 5.14. The third kappa shape index (κ3) is 5.09. The Morgan fingerprint density at radius 3 is 2.41 bits per heavy atom. The maximum absolute atomic E-state index is 13.4. The molecule has 0 fully saturated rings. The minimum absolute atomic E-state index is 0.0116. The van der Waals surface area contributed by atoms with E-state index in [1.54, 1.807) is 28.8 Å². The number of aromatic nitrogens is 2. The zero-order valence-electron chi connectivity index (χ0n) is 17.1. The number of para-hydroxylation sites is 1. The summed E-state index contributed by atoms with van der Waals surface area (Å²) >= 11 is 0. The second kappa shape index (κ2) is 8.57. The van der Waals surface area contributed by atoms with Gasteiger partial charge < -0.3 is 10.6 Å². The van der Waals surface area contributed by atoms with Crippen LogP contribution in [-0.2, 0) is 11.2 Å². The summed E-state index contributed by atoms with van der Waals surface area (Å²) in [5, 5.41) is 4.69. The van der Waals surface area contributed by atoms with Crippen LogP contribution in [-0.4, -0.2) is 40.7 Å². The smallest absolute Gasteiger partial charge is 0.226 e. The van der Waals surface area contributed by atoms with Gasteiger partial charge in [0.1, 0.15) is 5.82 Å².